The number of benzene rings is 1. The van der Waals surface area contributed by atoms with Crippen molar-refractivity contribution in [2.24, 2.45) is 0 Å². The second kappa shape index (κ2) is 6.56. The van der Waals surface area contributed by atoms with Gasteiger partial charge in [0.1, 0.15) is 12.3 Å². The molecular formula is C14H15N3O4. The number of carboxylic acid groups (broad SMARTS) is 1. The van der Waals surface area contributed by atoms with Crippen molar-refractivity contribution >= 4 is 17.6 Å². The number of ether oxygens (including phenoxy) is 1. The summed E-state index contributed by atoms with van der Waals surface area (Å²) in [6, 6.07) is 7.35. The van der Waals surface area contributed by atoms with Gasteiger partial charge in [-0.1, -0.05) is 17.7 Å². The third-order valence-corrected chi connectivity index (χ3v) is 2.61. The standard InChI is InChI=1S/C14H15N3O4/c1-10-2-4-12(5-3-10)21-9-13(18)16-11-6-15-17(7-11)8-14(19)20/h2-7H,8-9H2,1H3,(H,16,18)(H,19,20). The van der Waals surface area contributed by atoms with Crippen LogP contribution in [0.2, 0.25) is 0 Å². The molecule has 0 aliphatic heterocycles. The lowest BCUT2D eigenvalue weighted by atomic mass is 10.2. The van der Waals surface area contributed by atoms with E-state index in [1.54, 1.807) is 12.1 Å². The Hall–Kier alpha value is -2.83. The van der Waals surface area contributed by atoms with Crippen LogP contribution in [0, 0.1) is 6.92 Å². The molecule has 7 heteroatoms. The van der Waals surface area contributed by atoms with E-state index in [9.17, 15) is 9.59 Å². The van der Waals surface area contributed by atoms with Crippen LogP contribution in [0.5, 0.6) is 5.75 Å². The number of carboxylic acids is 1. The highest BCUT2D eigenvalue weighted by atomic mass is 16.5. The Morgan fingerprint density at radius 3 is 2.71 bits per heavy atom. The molecule has 0 aliphatic rings. The van der Waals surface area contributed by atoms with Gasteiger partial charge in [0.25, 0.3) is 5.91 Å². The summed E-state index contributed by atoms with van der Waals surface area (Å²) in [7, 11) is 0. The highest BCUT2D eigenvalue weighted by molar-refractivity contribution is 5.91. The van der Waals surface area contributed by atoms with Crippen molar-refractivity contribution in [3.63, 3.8) is 0 Å². The van der Waals surface area contributed by atoms with E-state index in [1.807, 2.05) is 19.1 Å². The molecule has 0 fully saturated rings. The van der Waals surface area contributed by atoms with Crippen molar-refractivity contribution in [2.75, 3.05) is 11.9 Å². The van der Waals surface area contributed by atoms with Gasteiger partial charge in [0.15, 0.2) is 6.61 Å². The van der Waals surface area contributed by atoms with Crippen LogP contribution in [0.25, 0.3) is 0 Å². The maximum Gasteiger partial charge on any atom is 0.325 e. The van der Waals surface area contributed by atoms with Gasteiger partial charge in [0.2, 0.25) is 0 Å². The number of amides is 1. The first-order chi connectivity index (χ1) is 10.0. The average Bonchev–Trinajstić information content (AvgIpc) is 2.84. The lowest BCUT2D eigenvalue weighted by molar-refractivity contribution is -0.137. The van der Waals surface area contributed by atoms with Crippen LogP contribution in [-0.2, 0) is 16.1 Å². The summed E-state index contributed by atoms with van der Waals surface area (Å²) in [5.74, 6) is -0.735. The summed E-state index contributed by atoms with van der Waals surface area (Å²) in [6.45, 7) is 1.58. The zero-order valence-corrected chi connectivity index (χ0v) is 11.4. The van der Waals surface area contributed by atoms with Gasteiger partial charge in [0.05, 0.1) is 11.9 Å². The Balaban J connectivity index is 1.82. The summed E-state index contributed by atoms with van der Waals surface area (Å²) in [6.07, 6.45) is 2.82. The molecule has 1 heterocycles. The van der Waals surface area contributed by atoms with Gasteiger partial charge in [-0.3, -0.25) is 14.3 Å². The normalized spacial score (nSPS) is 10.1. The van der Waals surface area contributed by atoms with Crippen LogP contribution in [0.3, 0.4) is 0 Å². The minimum Gasteiger partial charge on any atom is -0.484 e. The number of rotatable bonds is 6. The number of hydrogen-bond donors (Lipinski definition) is 2. The molecule has 1 aromatic heterocycles. The highest BCUT2D eigenvalue weighted by Crippen LogP contribution is 2.11. The first-order valence-electron chi connectivity index (χ1n) is 6.26. The molecule has 0 spiro atoms. The Kier molecular flexibility index (Phi) is 4.55. The average molecular weight is 289 g/mol. The zero-order chi connectivity index (χ0) is 15.2. The Morgan fingerprint density at radius 1 is 1.33 bits per heavy atom. The third-order valence-electron chi connectivity index (χ3n) is 2.61. The van der Waals surface area contributed by atoms with Crippen LogP contribution in [-0.4, -0.2) is 33.4 Å². The maximum absolute atomic E-state index is 11.7. The van der Waals surface area contributed by atoms with E-state index in [-0.39, 0.29) is 19.1 Å². The molecule has 0 aliphatic carbocycles. The number of aryl methyl sites for hydroxylation is 1. The Bertz CT molecular complexity index is 634. The molecule has 110 valence electrons. The molecule has 1 amide bonds. The monoisotopic (exact) mass is 289 g/mol. The highest BCUT2D eigenvalue weighted by Gasteiger charge is 2.07. The molecule has 21 heavy (non-hydrogen) atoms. The smallest absolute Gasteiger partial charge is 0.325 e. The van der Waals surface area contributed by atoms with Gasteiger partial charge in [-0.15, -0.1) is 0 Å². The molecule has 2 aromatic rings. The number of carbonyl (C=O) groups is 2. The Labute approximate surface area is 121 Å². The van der Waals surface area contributed by atoms with Crippen molar-refractivity contribution in [1.29, 1.82) is 0 Å². The molecule has 0 atom stereocenters. The minimum atomic E-state index is -1.00. The van der Waals surface area contributed by atoms with Gasteiger partial charge in [-0.2, -0.15) is 5.10 Å². The van der Waals surface area contributed by atoms with Crippen molar-refractivity contribution < 1.29 is 19.4 Å². The van der Waals surface area contributed by atoms with Crippen molar-refractivity contribution in [3.8, 4) is 5.75 Å². The molecule has 0 unspecified atom stereocenters. The molecule has 2 rings (SSSR count). The van der Waals surface area contributed by atoms with Crippen LogP contribution in [0.15, 0.2) is 36.7 Å². The van der Waals surface area contributed by atoms with Crippen LogP contribution in [0.4, 0.5) is 5.69 Å². The molecule has 2 N–H and O–H groups in total. The molecule has 0 saturated carbocycles. The van der Waals surface area contributed by atoms with Crippen molar-refractivity contribution in [2.45, 2.75) is 13.5 Å². The largest absolute Gasteiger partial charge is 0.484 e. The van der Waals surface area contributed by atoms with E-state index in [4.69, 9.17) is 9.84 Å². The Morgan fingerprint density at radius 2 is 2.05 bits per heavy atom. The van der Waals surface area contributed by atoms with Crippen LogP contribution < -0.4 is 10.1 Å². The van der Waals surface area contributed by atoms with E-state index < -0.39 is 5.97 Å². The van der Waals surface area contributed by atoms with Crippen LogP contribution >= 0.6 is 0 Å². The SMILES string of the molecule is Cc1ccc(OCC(=O)Nc2cnn(CC(=O)O)c2)cc1. The molecule has 1 aromatic carbocycles. The quantitative estimate of drug-likeness (QED) is 0.836. The summed E-state index contributed by atoms with van der Waals surface area (Å²) in [4.78, 5) is 22.2. The molecule has 0 saturated heterocycles. The third kappa shape index (κ3) is 4.64. The second-order valence-corrected chi connectivity index (χ2v) is 4.47. The lowest BCUT2D eigenvalue weighted by Crippen LogP contribution is -2.19. The van der Waals surface area contributed by atoms with Gasteiger partial charge in [0, 0.05) is 6.20 Å². The number of anilines is 1. The fourth-order valence-corrected chi connectivity index (χ4v) is 1.63. The predicted molar refractivity (Wildman–Crippen MR) is 75.2 cm³/mol. The fraction of sp³-hybridized carbons (Fsp3) is 0.214. The van der Waals surface area contributed by atoms with E-state index in [0.717, 1.165) is 5.56 Å². The number of hydrogen-bond acceptors (Lipinski definition) is 4. The topological polar surface area (TPSA) is 93.5 Å². The zero-order valence-electron chi connectivity index (χ0n) is 11.4. The molecule has 7 nitrogen and oxygen atoms in total. The number of nitrogens with one attached hydrogen (secondary N) is 1. The minimum absolute atomic E-state index is 0.132. The molecule has 0 bridgehead atoms. The van der Waals surface area contributed by atoms with Gasteiger partial charge in [-0.25, -0.2) is 0 Å². The summed E-state index contributed by atoms with van der Waals surface area (Å²) in [5.41, 5.74) is 1.53. The number of aromatic nitrogens is 2. The van der Waals surface area contributed by atoms with Gasteiger partial charge in [-0.05, 0) is 19.1 Å². The lowest BCUT2D eigenvalue weighted by Gasteiger charge is -2.06. The first kappa shape index (κ1) is 14.6. The predicted octanol–water partition coefficient (Wildman–Crippen LogP) is 1.29. The van der Waals surface area contributed by atoms with Crippen LogP contribution in [0.1, 0.15) is 5.56 Å². The summed E-state index contributed by atoms with van der Waals surface area (Å²) >= 11 is 0. The van der Waals surface area contributed by atoms with Gasteiger partial charge < -0.3 is 15.2 Å². The second-order valence-electron chi connectivity index (χ2n) is 4.47. The number of nitrogens with zero attached hydrogens (tertiary/aromatic N) is 2. The van der Waals surface area contributed by atoms with Crippen molar-refractivity contribution in [3.05, 3.63) is 42.2 Å². The van der Waals surface area contributed by atoms with Crippen molar-refractivity contribution in [1.82, 2.24) is 9.78 Å². The van der Waals surface area contributed by atoms with E-state index in [0.29, 0.717) is 11.4 Å². The number of aliphatic carboxylic acids is 1. The van der Waals surface area contributed by atoms with E-state index in [1.165, 1.54) is 17.1 Å². The summed E-state index contributed by atoms with van der Waals surface area (Å²) in [5, 5.41) is 15.0. The van der Waals surface area contributed by atoms with E-state index in [2.05, 4.69) is 10.4 Å². The first-order valence-corrected chi connectivity index (χ1v) is 6.26. The molecular weight excluding hydrogens is 274 g/mol. The maximum atomic E-state index is 11.7. The fourth-order valence-electron chi connectivity index (χ4n) is 1.63. The van der Waals surface area contributed by atoms with E-state index >= 15 is 0 Å². The number of carbonyl (C=O) groups excluding carboxylic acids is 1. The summed E-state index contributed by atoms with van der Waals surface area (Å²) < 4.78 is 6.55. The molecule has 0 radical (unpaired) electrons. The van der Waals surface area contributed by atoms with Gasteiger partial charge >= 0.3 is 5.97 Å².